The van der Waals surface area contributed by atoms with Crippen LogP contribution in [0.4, 0.5) is 17.3 Å². The van der Waals surface area contributed by atoms with Crippen molar-refractivity contribution in [1.82, 2.24) is 9.97 Å². The lowest BCUT2D eigenvalue weighted by Crippen LogP contribution is -2.01. The highest BCUT2D eigenvalue weighted by molar-refractivity contribution is 5.65. The number of hydrogen-bond acceptors (Lipinski definition) is 5. The number of aromatic nitrogens is 2. The van der Waals surface area contributed by atoms with Crippen LogP contribution in [-0.4, -0.2) is 16.6 Å². The molecule has 0 spiro atoms. The molecule has 0 bridgehead atoms. The topological polar surface area (TPSA) is 73.1 Å². The molecule has 1 aromatic heterocycles. The van der Waals surface area contributed by atoms with E-state index < -0.39 is 0 Å². The van der Waals surface area contributed by atoms with Gasteiger partial charge >= 0.3 is 0 Å². The lowest BCUT2D eigenvalue weighted by atomic mass is 10.1. The molecule has 3 rings (SSSR count). The van der Waals surface area contributed by atoms with Crippen molar-refractivity contribution >= 4 is 17.3 Å². The molecule has 0 amide bonds. The van der Waals surface area contributed by atoms with Gasteiger partial charge in [0.05, 0.1) is 6.61 Å². The molecule has 0 aliphatic rings. The molecule has 25 heavy (non-hydrogen) atoms. The fraction of sp³-hybridized carbons (Fsp3) is 0.200. The number of aryl methyl sites for hydroxylation is 2. The van der Waals surface area contributed by atoms with Crippen molar-refractivity contribution in [2.75, 3.05) is 17.7 Å². The zero-order valence-electron chi connectivity index (χ0n) is 14.7. The number of ether oxygens (including phenoxy) is 1. The van der Waals surface area contributed by atoms with Crippen LogP contribution in [0.5, 0.6) is 5.75 Å². The summed E-state index contributed by atoms with van der Waals surface area (Å²) in [6.45, 7) is 6.73. The number of nitrogens with two attached hydrogens (primary N) is 1. The van der Waals surface area contributed by atoms with E-state index in [-0.39, 0.29) is 0 Å². The Morgan fingerprint density at radius 2 is 1.64 bits per heavy atom. The number of benzene rings is 2. The maximum Gasteiger partial charge on any atom is 0.163 e. The van der Waals surface area contributed by atoms with Gasteiger partial charge in [0.15, 0.2) is 5.82 Å². The smallest absolute Gasteiger partial charge is 0.163 e. The van der Waals surface area contributed by atoms with Gasteiger partial charge in [0, 0.05) is 17.3 Å². The third-order valence-corrected chi connectivity index (χ3v) is 3.66. The molecule has 3 N–H and O–H groups in total. The van der Waals surface area contributed by atoms with Crippen molar-refractivity contribution in [3.63, 3.8) is 0 Å². The summed E-state index contributed by atoms with van der Waals surface area (Å²) in [6.07, 6.45) is 0. The minimum atomic E-state index is 0.422. The fourth-order valence-corrected chi connectivity index (χ4v) is 2.72. The molecular formula is C20H22N4O. The first kappa shape index (κ1) is 16.8. The first-order valence-electron chi connectivity index (χ1n) is 8.26. The highest BCUT2D eigenvalue weighted by Crippen LogP contribution is 2.24. The summed E-state index contributed by atoms with van der Waals surface area (Å²) in [4.78, 5) is 8.93. The maximum absolute atomic E-state index is 5.97. The Kier molecular flexibility index (Phi) is 4.84. The van der Waals surface area contributed by atoms with E-state index in [0.717, 1.165) is 17.0 Å². The van der Waals surface area contributed by atoms with Crippen LogP contribution in [0.25, 0.3) is 11.4 Å². The van der Waals surface area contributed by atoms with Gasteiger partial charge < -0.3 is 15.8 Å². The summed E-state index contributed by atoms with van der Waals surface area (Å²) in [5, 5.41) is 3.31. The number of hydrogen-bond donors (Lipinski definition) is 2. The van der Waals surface area contributed by atoms with E-state index in [1.54, 1.807) is 6.07 Å². The number of anilines is 3. The van der Waals surface area contributed by atoms with Crippen molar-refractivity contribution in [3.8, 4) is 17.1 Å². The van der Waals surface area contributed by atoms with Gasteiger partial charge in [-0.3, -0.25) is 0 Å². The molecule has 0 unspecified atom stereocenters. The Hall–Kier alpha value is -3.08. The second-order valence-corrected chi connectivity index (χ2v) is 5.96. The summed E-state index contributed by atoms with van der Waals surface area (Å²) < 4.78 is 5.47. The molecule has 0 aliphatic carbocycles. The van der Waals surface area contributed by atoms with E-state index in [0.29, 0.717) is 24.1 Å². The van der Waals surface area contributed by atoms with E-state index in [2.05, 4.69) is 47.3 Å². The second kappa shape index (κ2) is 7.21. The zero-order valence-corrected chi connectivity index (χ0v) is 14.7. The molecule has 2 aromatic carbocycles. The predicted molar refractivity (Wildman–Crippen MR) is 102 cm³/mol. The highest BCUT2D eigenvalue weighted by Gasteiger charge is 2.07. The van der Waals surface area contributed by atoms with Gasteiger partial charge in [0.25, 0.3) is 0 Å². The van der Waals surface area contributed by atoms with Crippen LogP contribution < -0.4 is 15.8 Å². The quantitative estimate of drug-likeness (QED) is 0.719. The zero-order chi connectivity index (χ0) is 17.8. The first-order valence-corrected chi connectivity index (χ1v) is 8.26. The van der Waals surface area contributed by atoms with E-state index in [4.69, 9.17) is 10.5 Å². The molecule has 5 nitrogen and oxygen atoms in total. The number of nitrogen functional groups attached to an aromatic ring is 1. The standard InChI is InChI=1S/C20H22N4O/c1-4-25-17-7-5-15(6-8-17)20-23-18(21)12-19(24-20)22-16-10-13(2)9-14(3)11-16/h5-12H,4H2,1-3H3,(H3,21,22,23,24). The first-order chi connectivity index (χ1) is 12.0. The molecule has 128 valence electrons. The van der Waals surface area contributed by atoms with Crippen LogP contribution >= 0.6 is 0 Å². The molecule has 0 saturated carbocycles. The Balaban J connectivity index is 1.89. The third-order valence-electron chi connectivity index (χ3n) is 3.66. The summed E-state index contributed by atoms with van der Waals surface area (Å²) in [7, 11) is 0. The minimum Gasteiger partial charge on any atom is -0.494 e. The molecular weight excluding hydrogens is 312 g/mol. The minimum absolute atomic E-state index is 0.422. The largest absolute Gasteiger partial charge is 0.494 e. The highest BCUT2D eigenvalue weighted by atomic mass is 16.5. The SMILES string of the molecule is CCOc1ccc(-c2nc(N)cc(Nc3cc(C)cc(C)c3)n2)cc1. The fourth-order valence-electron chi connectivity index (χ4n) is 2.72. The van der Waals surface area contributed by atoms with Crippen LogP contribution in [0, 0.1) is 13.8 Å². The lowest BCUT2D eigenvalue weighted by molar-refractivity contribution is 0.340. The Labute approximate surface area is 147 Å². The van der Waals surface area contributed by atoms with Crippen molar-refractivity contribution < 1.29 is 4.74 Å². The average Bonchev–Trinajstić information content (AvgIpc) is 2.54. The Morgan fingerprint density at radius 1 is 0.960 bits per heavy atom. The number of nitrogens with one attached hydrogen (secondary N) is 1. The van der Waals surface area contributed by atoms with Crippen LogP contribution in [0.1, 0.15) is 18.1 Å². The molecule has 0 fully saturated rings. The summed E-state index contributed by atoms with van der Waals surface area (Å²) in [6, 6.07) is 15.7. The summed E-state index contributed by atoms with van der Waals surface area (Å²) in [5.74, 6) is 2.49. The van der Waals surface area contributed by atoms with Crippen molar-refractivity contribution in [2.24, 2.45) is 0 Å². The van der Waals surface area contributed by atoms with Gasteiger partial charge in [-0.05, 0) is 68.3 Å². The average molecular weight is 334 g/mol. The molecule has 0 atom stereocenters. The van der Waals surface area contributed by atoms with Crippen LogP contribution in [0.15, 0.2) is 48.5 Å². The third kappa shape index (κ3) is 4.26. The Bertz CT molecular complexity index is 855. The van der Waals surface area contributed by atoms with Gasteiger partial charge in [-0.2, -0.15) is 0 Å². The molecule has 5 heteroatoms. The molecule has 1 heterocycles. The van der Waals surface area contributed by atoms with Crippen LogP contribution in [0.2, 0.25) is 0 Å². The van der Waals surface area contributed by atoms with Gasteiger partial charge in [-0.15, -0.1) is 0 Å². The van der Waals surface area contributed by atoms with E-state index in [1.165, 1.54) is 11.1 Å². The Morgan fingerprint density at radius 3 is 2.28 bits per heavy atom. The van der Waals surface area contributed by atoms with E-state index in [1.807, 2.05) is 31.2 Å². The lowest BCUT2D eigenvalue weighted by Gasteiger charge is -2.10. The molecule has 3 aromatic rings. The van der Waals surface area contributed by atoms with E-state index >= 15 is 0 Å². The van der Waals surface area contributed by atoms with Crippen LogP contribution in [-0.2, 0) is 0 Å². The molecule has 0 radical (unpaired) electrons. The normalized spacial score (nSPS) is 10.5. The van der Waals surface area contributed by atoms with E-state index in [9.17, 15) is 0 Å². The van der Waals surface area contributed by atoms with Gasteiger partial charge in [0.2, 0.25) is 0 Å². The number of nitrogens with zero attached hydrogens (tertiary/aromatic N) is 2. The molecule has 0 saturated heterocycles. The van der Waals surface area contributed by atoms with Gasteiger partial charge in [0.1, 0.15) is 17.4 Å². The molecule has 0 aliphatic heterocycles. The second-order valence-electron chi connectivity index (χ2n) is 5.96. The summed E-state index contributed by atoms with van der Waals surface area (Å²) >= 11 is 0. The number of rotatable bonds is 5. The predicted octanol–water partition coefficient (Wildman–Crippen LogP) is 4.48. The monoisotopic (exact) mass is 334 g/mol. The van der Waals surface area contributed by atoms with Crippen molar-refractivity contribution in [2.45, 2.75) is 20.8 Å². The maximum atomic E-state index is 5.97. The van der Waals surface area contributed by atoms with Gasteiger partial charge in [-0.1, -0.05) is 6.07 Å². The van der Waals surface area contributed by atoms with Crippen molar-refractivity contribution in [3.05, 3.63) is 59.7 Å². The summed E-state index contributed by atoms with van der Waals surface area (Å²) in [5.41, 5.74) is 10.2. The van der Waals surface area contributed by atoms with Crippen molar-refractivity contribution in [1.29, 1.82) is 0 Å². The van der Waals surface area contributed by atoms with Gasteiger partial charge in [-0.25, -0.2) is 9.97 Å². The van der Waals surface area contributed by atoms with Crippen LogP contribution in [0.3, 0.4) is 0 Å².